The van der Waals surface area contributed by atoms with Crippen LogP contribution in [0.5, 0.6) is 11.5 Å². The van der Waals surface area contributed by atoms with Crippen molar-refractivity contribution >= 4 is 11.6 Å². The predicted octanol–water partition coefficient (Wildman–Crippen LogP) is 2.74. The number of carbonyl (C=O) groups excluding carboxylic acids is 1. The Morgan fingerprint density at radius 2 is 1.96 bits per heavy atom. The molecule has 6 nitrogen and oxygen atoms in total. The van der Waals surface area contributed by atoms with Crippen molar-refractivity contribution < 1.29 is 19.0 Å². The lowest BCUT2D eigenvalue weighted by Crippen LogP contribution is -2.42. The van der Waals surface area contributed by atoms with Crippen molar-refractivity contribution in [2.75, 3.05) is 24.7 Å². The van der Waals surface area contributed by atoms with E-state index in [0.717, 1.165) is 29.3 Å². The van der Waals surface area contributed by atoms with E-state index in [1.807, 2.05) is 62.4 Å². The lowest BCUT2D eigenvalue weighted by molar-refractivity contribution is -0.129. The van der Waals surface area contributed by atoms with Gasteiger partial charge in [0.15, 0.2) is 6.23 Å². The topological polar surface area (TPSA) is 74.0 Å². The molecule has 2 N–H and O–H groups in total. The first-order valence-electron chi connectivity index (χ1n) is 9.23. The quantitative estimate of drug-likeness (QED) is 0.773. The summed E-state index contributed by atoms with van der Waals surface area (Å²) in [5.74, 6) is 1.20. The monoisotopic (exact) mass is 370 g/mol. The molecular weight excluding hydrogens is 344 g/mol. The Kier molecular flexibility index (Phi) is 6.19. The van der Waals surface area contributed by atoms with Gasteiger partial charge in [0.2, 0.25) is 5.91 Å². The molecular formula is C21H26N2O4. The number of para-hydroxylation sites is 2. The first-order chi connectivity index (χ1) is 13.1. The minimum Gasteiger partial charge on any atom is -0.490 e. The second-order valence-electron chi connectivity index (χ2n) is 6.42. The second-order valence-corrected chi connectivity index (χ2v) is 6.42. The van der Waals surface area contributed by atoms with Crippen LogP contribution >= 0.6 is 0 Å². The van der Waals surface area contributed by atoms with E-state index in [2.05, 4.69) is 4.90 Å². The van der Waals surface area contributed by atoms with Gasteiger partial charge in [-0.1, -0.05) is 24.3 Å². The van der Waals surface area contributed by atoms with Crippen molar-refractivity contribution in [1.82, 2.24) is 0 Å². The number of hydrogen-bond donors (Lipinski definition) is 1. The third-order valence-corrected chi connectivity index (χ3v) is 4.54. The van der Waals surface area contributed by atoms with E-state index in [0.29, 0.717) is 19.6 Å². The molecule has 1 heterocycles. The summed E-state index contributed by atoms with van der Waals surface area (Å²) in [6.45, 7) is 5.72. The summed E-state index contributed by atoms with van der Waals surface area (Å²) in [4.78, 5) is 13.6. The van der Waals surface area contributed by atoms with Gasteiger partial charge < -0.3 is 24.8 Å². The van der Waals surface area contributed by atoms with Crippen molar-refractivity contribution in [3.05, 3.63) is 54.1 Å². The van der Waals surface area contributed by atoms with E-state index in [1.165, 1.54) is 0 Å². The lowest BCUT2D eigenvalue weighted by Gasteiger charge is -2.35. The van der Waals surface area contributed by atoms with Crippen LogP contribution in [-0.4, -0.2) is 38.0 Å². The molecule has 0 aliphatic carbocycles. The van der Waals surface area contributed by atoms with Crippen molar-refractivity contribution in [1.29, 1.82) is 0 Å². The van der Waals surface area contributed by atoms with Crippen LogP contribution in [0.15, 0.2) is 48.5 Å². The molecule has 0 fully saturated rings. The van der Waals surface area contributed by atoms with Crippen LogP contribution in [0.3, 0.4) is 0 Å². The Morgan fingerprint density at radius 3 is 2.67 bits per heavy atom. The molecule has 27 heavy (non-hydrogen) atoms. The summed E-state index contributed by atoms with van der Waals surface area (Å²) >= 11 is 0. The molecule has 0 spiro atoms. The van der Waals surface area contributed by atoms with E-state index < -0.39 is 12.0 Å². The Morgan fingerprint density at radius 1 is 1.22 bits per heavy atom. The van der Waals surface area contributed by atoms with E-state index in [1.54, 1.807) is 0 Å². The largest absolute Gasteiger partial charge is 0.490 e. The maximum Gasteiger partial charge on any atom is 0.246 e. The fraction of sp³-hybridized carbons (Fsp3) is 0.381. The molecule has 3 rings (SSSR count). The summed E-state index contributed by atoms with van der Waals surface area (Å²) in [5.41, 5.74) is 7.40. The number of amides is 1. The van der Waals surface area contributed by atoms with Crippen molar-refractivity contribution in [2.24, 2.45) is 5.73 Å². The molecule has 2 atom stereocenters. The number of nitrogens with zero attached hydrogens (tertiary/aromatic N) is 1. The summed E-state index contributed by atoms with van der Waals surface area (Å²) in [6, 6.07) is 15.6. The zero-order valence-electron chi connectivity index (χ0n) is 15.8. The van der Waals surface area contributed by atoms with Gasteiger partial charge in [0, 0.05) is 13.0 Å². The highest BCUT2D eigenvalue weighted by molar-refractivity contribution is 5.79. The van der Waals surface area contributed by atoms with Gasteiger partial charge in [-0.25, -0.2) is 0 Å². The molecule has 1 aliphatic heterocycles. The molecule has 2 unspecified atom stereocenters. The molecule has 0 saturated heterocycles. The van der Waals surface area contributed by atoms with Gasteiger partial charge in [-0.05, 0) is 43.7 Å². The van der Waals surface area contributed by atoms with E-state index in [9.17, 15) is 4.79 Å². The van der Waals surface area contributed by atoms with Crippen LogP contribution in [0.25, 0.3) is 0 Å². The number of primary amides is 1. The normalized spacial score (nSPS) is 15.4. The molecule has 0 bridgehead atoms. The first-order valence-corrected chi connectivity index (χ1v) is 9.23. The van der Waals surface area contributed by atoms with Gasteiger partial charge in [-0.3, -0.25) is 4.79 Å². The lowest BCUT2D eigenvalue weighted by atomic mass is 10.1. The summed E-state index contributed by atoms with van der Waals surface area (Å²) < 4.78 is 17.2. The third kappa shape index (κ3) is 4.71. The summed E-state index contributed by atoms with van der Waals surface area (Å²) in [7, 11) is 0. The highest BCUT2D eigenvalue weighted by Crippen LogP contribution is 2.32. The molecule has 2 aromatic rings. The van der Waals surface area contributed by atoms with E-state index in [-0.39, 0.29) is 6.23 Å². The van der Waals surface area contributed by atoms with Gasteiger partial charge in [0.05, 0.1) is 12.2 Å². The highest BCUT2D eigenvalue weighted by atomic mass is 16.5. The Hall–Kier alpha value is -2.73. The molecule has 2 aromatic carbocycles. The van der Waals surface area contributed by atoms with Crippen LogP contribution in [-0.2, 0) is 16.0 Å². The van der Waals surface area contributed by atoms with Crippen molar-refractivity contribution in [2.45, 2.75) is 32.6 Å². The van der Waals surface area contributed by atoms with Gasteiger partial charge in [-0.15, -0.1) is 0 Å². The van der Waals surface area contributed by atoms with Gasteiger partial charge in [-0.2, -0.15) is 0 Å². The summed E-state index contributed by atoms with van der Waals surface area (Å²) in [5, 5.41) is 0. The molecule has 1 amide bonds. The van der Waals surface area contributed by atoms with E-state index >= 15 is 0 Å². The maximum absolute atomic E-state index is 11.4. The van der Waals surface area contributed by atoms with Crippen LogP contribution < -0.4 is 20.1 Å². The number of nitrogens with two attached hydrogens (primary N) is 1. The number of rotatable bonds is 8. The molecule has 144 valence electrons. The fourth-order valence-corrected chi connectivity index (χ4v) is 3.19. The average molecular weight is 370 g/mol. The number of fused-ring (bicyclic) bond motifs is 1. The minimum atomic E-state index is -0.606. The number of hydrogen-bond acceptors (Lipinski definition) is 5. The number of benzene rings is 2. The van der Waals surface area contributed by atoms with Crippen molar-refractivity contribution in [3.63, 3.8) is 0 Å². The zero-order chi connectivity index (χ0) is 19.2. The SMILES string of the molecule is CCOC(Cc1ccc(OC(C)N2CCOc3ccccc32)cc1)C(N)=O. The van der Waals surface area contributed by atoms with Gasteiger partial charge in [0.1, 0.15) is 24.2 Å². The standard InChI is InChI=1S/C21H26N2O4/c1-3-25-20(21(22)24)14-16-8-10-17(11-9-16)27-15(2)23-12-13-26-19-7-5-4-6-18(19)23/h4-11,15,20H,3,12-14H2,1-2H3,(H2,22,24). The van der Waals surface area contributed by atoms with Crippen LogP contribution in [0.4, 0.5) is 5.69 Å². The van der Waals surface area contributed by atoms with Crippen molar-refractivity contribution in [3.8, 4) is 11.5 Å². The smallest absolute Gasteiger partial charge is 0.246 e. The van der Waals surface area contributed by atoms with Crippen LogP contribution in [0.1, 0.15) is 19.4 Å². The Balaban J connectivity index is 1.64. The second kappa shape index (κ2) is 8.77. The summed E-state index contributed by atoms with van der Waals surface area (Å²) in [6.07, 6.45) is -0.288. The first kappa shape index (κ1) is 19.0. The average Bonchev–Trinajstić information content (AvgIpc) is 2.68. The third-order valence-electron chi connectivity index (χ3n) is 4.54. The number of anilines is 1. The highest BCUT2D eigenvalue weighted by Gasteiger charge is 2.23. The van der Waals surface area contributed by atoms with Crippen LogP contribution in [0.2, 0.25) is 0 Å². The van der Waals surface area contributed by atoms with Gasteiger partial charge >= 0.3 is 0 Å². The molecule has 0 saturated carbocycles. The fourth-order valence-electron chi connectivity index (χ4n) is 3.19. The van der Waals surface area contributed by atoms with Gasteiger partial charge in [0.25, 0.3) is 0 Å². The van der Waals surface area contributed by atoms with Crippen LogP contribution in [0, 0.1) is 0 Å². The maximum atomic E-state index is 11.4. The minimum absolute atomic E-state index is 0.136. The molecule has 0 aromatic heterocycles. The molecule has 6 heteroatoms. The molecule has 0 radical (unpaired) electrons. The predicted molar refractivity (Wildman–Crippen MR) is 104 cm³/mol. The number of ether oxygens (including phenoxy) is 3. The zero-order valence-corrected chi connectivity index (χ0v) is 15.8. The number of carbonyl (C=O) groups is 1. The Labute approximate surface area is 159 Å². The van der Waals surface area contributed by atoms with E-state index in [4.69, 9.17) is 19.9 Å². The molecule has 1 aliphatic rings. The Bertz CT molecular complexity index is 763.